The number of para-hydroxylation sites is 1. The van der Waals surface area contributed by atoms with Crippen molar-refractivity contribution in [2.75, 3.05) is 0 Å². The summed E-state index contributed by atoms with van der Waals surface area (Å²) >= 11 is 1.51. The van der Waals surface area contributed by atoms with Gasteiger partial charge in [-0.1, -0.05) is 18.2 Å². The number of rotatable bonds is 1. The molecule has 0 unspecified atom stereocenters. The van der Waals surface area contributed by atoms with Crippen molar-refractivity contribution in [3.8, 4) is 16.9 Å². The molecule has 0 aliphatic rings. The van der Waals surface area contributed by atoms with Gasteiger partial charge in [-0.2, -0.15) is 0 Å². The first-order chi connectivity index (χ1) is 5.88. The highest BCUT2D eigenvalue weighted by atomic mass is 32.1. The molecule has 0 saturated carbocycles. The van der Waals surface area contributed by atoms with Crippen molar-refractivity contribution in [2.24, 2.45) is 0 Å². The molecule has 1 aromatic heterocycles. The van der Waals surface area contributed by atoms with Crippen LogP contribution < -0.4 is 0 Å². The molecule has 0 spiro atoms. The van der Waals surface area contributed by atoms with Gasteiger partial charge >= 0.3 is 0 Å². The molecule has 1 N–H and O–H groups in total. The first kappa shape index (κ1) is 7.37. The summed E-state index contributed by atoms with van der Waals surface area (Å²) in [5.74, 6) is 0.312. The molecule has 2 rings (SSSR count). The van der Waals surface area contributed by atoms with Crippen LogP contribution in [-0.2, 0) is 0 Å². The van der Waals surface area contributed by atoms with Gasteiger partial charge in [0.15, 0.2) is 0 Å². The molecule has 1 radical (unpaired) electrons. The lowest BCUT2D eigenvalue weighted by Gasteiger charge is -1.99. The third-order valence-corrected chi connectivity index (χ3v) is 2.28. The van der Waals surface area contributed by atoms with E-state index in [0.717, 1.165) is 11.1 Å². The maximum Gasteiger partial charge on any atom is 0.123 e. The second-order valence-corrected chi connectivity index (χ2v) is 3.17. The summed E-state index contributed by atoms with van der Waals surface area (Å²) < 4.78 is 0. The zero-order valence-corrected chi connectivity index (χ0v) is 7.14. The molecule has 0 amide bonds. The molecule has 1 nitrogen and oxygen atoms in total. The Hall–Kier alpha value is -1.28. The molecule has 59 valence electrons. The van der Waals surface area contributed by atoms with E-state index in [1.54, 1.807) is 6.07 Å². The smallest absolute Gasteiger partial charge is 0.123 e. The summed E-state index contributed by atoms with van der Waals surface area (Å²) in [6.45, 7) is 0. The van der Waals surface area contributed by atoms with Crippen molar-refractivity contribution >= 4 is 11.3 Å². The summed E-state index contributed by atoms with van der Waals surface area (Å²) in [4.78, 5) is 0. The van der Waals surface area contributed by atoms with Crippen LogP contribution in [0.25, 0.3) is 11.1 Å². The van der Waals surface area contributed by atoms with Crippen LogP contribution >= 0.6 is 11.3 Å². The number of thiophene rings is 1. The number of aromatic hydroxyl groups is 1. The standard InChI is InChI=1S/C10H7OS/c11-10-4-2-1-3-9(10)8-5-6-12-7-8/h1-6,11H. The van der Waals surface area contributed by atoms with Crippen molar-refractivity contribution in [3.05, 3.63) is 41.1 Å². The molecule has 0 fully saturated rings. The molecular formula is C10H7OS. The van der Waals surface area contributed by atoms with Crippen LogP contribution in [0.4, 0.5) is 0 Å². The fourth-order valence-electron chi connectivity index (χ4n) is 1.08. The Kier molecular flexibility index (Phi) is 1.84. The Morgan fingerprint density at radius 1 is 1.17 bits per heavy atom. The van der Waals surface area contributed by atoms with Crippen molar-refractivity contribution in [3.63, 3.8) is 0 Å². The Morgan fingerprint density at radius 3 is 2.67 bits per heavy atom. The van der Waals surface area contributed by atoms with Gasteiger partial charge in [-0.3, -0.25) is 0 Å². The van der Waals surface area contributed by atoms with Crippen LogP contribution in [0, 0.1) is 5.38 Å². The summed E-state index contributed by atoms with van der Waals surface area (Å²) in [5, 5.41) is 14.5. The van der Waals surface area contributed by atoms with E-state index in [2.05, 4.69) is 5.38 Å². The molecule has 0 saturated heterocycles. The summed E-state index contributed by atoms with van der Waals surface area (Å²) in [7, 11) is 0. The Labute approximate surface area is 74.9 Å². The Balaban J connectivity index is 2.55. The molecule has 12 heavy (non-hydrogen) atoms. The fraction of sp³-hybridized carbons (Fsp3) is 0. The van der Waals surface area contributed by atoms with Gasteiger partial charge in [-0.05, 0) is 17.5 Å². The van der Waals surface area contributed by atoms with Crippen LogP contribution in [0.1, 0.15) is 0 Å². The quantitative estimate of drug-likeness (QED) is 0.706. The van der Waals surface area contributed by atoms with Crippen molar-refractivity contribution in [1.29, 1.82) is 0 Å². The Bertz CT molecular complexity index is 365. The van der Waals surface area contributed by atoms with E-state index in [1.165, 1.54) is 11.3 Å². The zero-order chi connectivity index (χ0) is 8.39. The largest absolute Gasteiger partial charge is 0.507 e. The third kappa shape index (κ3) is 1.21. The molecule has 0 atom stereocenters. The predicted octanol–water partition coefficient (Wildman–Crippen LogP) is 2.92. The molecule has 2 heteroatoms. The maximum atomic E-state index is 9.47. The van der Waals surface area contributed by atoms with Crippen molar-refractivity contribution in [1.82, 2.24) is 0 Å². The minimum absolute atomic E-state index is 0.312. The lowest BCUT2D eigenvalue weighted by molar-refractivity contribution is 0.477. The van der Waals surface area contributed by atoms with Crippen LogP contribution in [0.15, 0.2) is 35.7 Å². The second-order valence-electron chi connectivity index (χ2n) is 2.45. The van der Waals surface area contributed by atoms with E-state index < -0.39 is 0 Å². The number of phenolic OH excluding ortho intramolecular Hbond substituents is 1. The summed E-state index contributed by atoms with van der Waals surface area (Å²) in [5.41, 5.74) is 1.80. The van der Waals surface area contributed by atoms with Gasteiger partial charge in [0.2, 0.25) is 0 Å². The molecule has 1 heterocycles. The van der Waals surface area contributed by atoms with E-state index in [1.807, 2.05) is 29.6 Å². The average molecular weight is 175 g/mol. The number of hydrogen-bond acceptors (Lipinski definition) is 2. The highest BCUT2D eigenvalue weighted by Crippen LogP contribution is 2.29. The van der Waals surface area contributed by atoms with Gasteiger partial charge in [0, 0.05) is 11.1 Å². The second kappa shape index (κ2) is 2.99. The van der Waals surface area contributed by atoms with Gasteiger partial charge < -0.3 is 5.11 Å². The van der Waals surface area contributed by atoms with Gasteiger partial charge in [0.1, 0.15) is 5.75 Å². The maximum absolute atomic E-state index is 9.47. The predicted molar refractivity (Wildman–Crippen MR) is 50.3 cm³/mol. The Morgan fingerprint density at radius 2 is 2.00 bits per heavy atom. The van der Waals surface area contributed by atoms with Crippen LogP contribution in [-0.4, -0.2) is 5.11 Å². The van der Waals surface area contributed by atoms with Crippen molar-refractivity contribution < 1.29 is 5.11 Å². The van der Waals surface area contributed by atoms with Gasteiger partial charge in [-0.15, -0.1) is 11.3 Å². The van der Waals surface area contributed by atoms with Gasteiger partial charge in [0.25, 0.3) is 0 Å². The lowest BCUT2D eigenvalue weighted by atomic mass is 10.1. The molecular weight excluding hydrogens is 168 g/mol. The van der Waals surface area contributed by atoms with E-state index in [4.69, 9.17) is 0 Å². The van der Waals surface area contributed by atoms with E-state index >= 15 is 0 Å². The SMILES string of the molecule is Oc1ccccc1-c1[c]scc1. The summed E-state index contributed by atoms with van der Waals surface area (Å²) in [6.07, 6.45) is 0. The van der Waals surface area contributed by atoms with Crippen LogP contribution in [0.2, 0.25) is 0 Å². The molecule has 0 bridgehead atoms. The van der Waals surface area contributed by atoms with Crippen molar-refractivity contribution in [2.45, 2.75) is 0 Å². The number of hydrogen-bond donors (Lipinski definition) is 1. The third-order valence-electron chi connectivity index (χ3n) is 1.67. The van der Waals surface area contributed by atoms with Crippen LogP contribution in [0.5, 0.6) is 5.75 Å². The monoisotopic (exact) mass is 175 g/mol. The average Bonchev–Trinajstić information content (AvgIpc) is 2.57. The van der Waals surface area contributed by atoms with Gasteiger partial charge in [-0.25, -0.2) is 0 Å². The first-order valence-corrected chi connectivity index (χ1v) is 4.49. The highest BCUT2D eigenvalue weighted by Gasteiger charge is 2.02. The van der Waals surface area contributed by atoms with Crippen LogP contribution in [0.3, 0.4) is 0 Å². The lowest BCUT2D eigenvalue weighted by Crippen LogP contribution is -1.73. The molecule has 1 aromatic carbocycles. The first-order valence-electron chi connectivity index (χ1n) is 3.61. The minimum Gasteiger partial charge on any atom is -0.507 e. The summed E-state index contributed by atoms with van der Waals surface area (Å²) in [6, 6.07) is 9.22. The number of phenols is 1. The van der Waals surface area contributed by atoms with E-state index in [9.17, 15) is 5.11 Å². The zero-order valence-electron chi connectivity index (χ0n) is 6.32. The highest BCUT2D eigenvalue weighted by molar-refractivity contribution is 7.07. The number of benzene rings is 1. The molecule has 0 aliphatic carbocycles. The van der Waals surface area contributed by atoms with E-state index in [0.29, 0.717) is 5.75 Å². The minimum atomic E-state index is 0.312. The topological polar surface area (TPSA) is 20.2 Å². The normalized spacial score (nSPS) is 10.0. The molecule has 0 aliphatic heterocycles. The molecule has 2 aromatic rings. The fourth-order valence-corrected chi connectivity index (χ4v) is 1.66. The van der Waals surface area contributed by atoms with Gasteiger partial charge in [0.05, 0.1) is 5.38 Å². The van der Waals surface area contributed by atoms with E-state index in [-0.39, 0.29) is 0 Å².